The summed E-state index contributed by atoms with van der Waals surface area (Å²) in [5.41, 5.74) is 3.04. The highest BCUT2D eigenvalue weighted by molar-refractivity contribution is 5.93. The normalized spacial score (nSPS) is 17.8. The Bertz CT molecular complexity index is 896. The summed E-state index contributed by atoms with van der Waals surface area (Å²) in [5, 5.41) is 5.29. The van der Waals surface area contributed by atoms with E-state index in [9.17, 15) is 4.79 Å². The van der Waals surface area contributed by atoms with Gasteiger partial charge in [0, 0.05) is 37.9 Å². The lowest BCUT2D eigenvalue weighted by atomic mass is 9.90. The Morgan fingerprint density at radius 1 is 1.28 bits per heavy atom. The summed E-state index contributed by atoms with van der Waals surface area (Å²) in [6.07, 6.45) is 8.46. The lowest BCUT2D eigenvalue weighted by Crippen LogP contribution is -2.40. The zero-order chi connectivity index (χ0) is 17.2. The van der Waals surface area contributed by atoms with E-state index in [1.165, 1.54) is 10.9 Å². The second-order valence-corrected chi connectivity index (χ2v) is 6.86. The largest absolute Gasteiger partial charge is 0.338 e. The smallest absolute Gasteiger partial charge is 0.257 e. The highest BCUT2D eigenvalue weighted by Crippen LogP contribution is 2.25. The second kappa shape index (κ2) is 6.67. The van der Waals surface area contributed by atoms with Gasteiger partial charge in [0.2, 0.25) is 0 Å². The Hall–Kier alpha value is -2.69. The molecule has 1 saturated heterocycles. The van der Waals surface area contributed by atoms with Crippen LogP contribution in [-0.2, 0) is 13.5 Å². The fraction of sp³-hybridized carbons (Fsp3) is 0.350. The van der Waals surface area contributed by atoms with Crippen molar-refractivity contribution in [3.8, 4) is 0 Å². The molecule has 0 bridgehead atoms. The van der Waals surface area contributed by atoms with Gasteiger partial charge in [-0.2, -0.15) is 5.10 Å². The summed E-state index contributed by atoms with van der Waals surface area (Å²) < 4.78 is 1.68. The van der Waals surface area contributed by atoms with Crippen molar-refractivity contribution >= 4 is 16.8 Å². The first-order chi connectivity index (χ1) is 12.2. The first kappa shape index (κ1) is 15.8. The number of aromatic nitrogens is 3. The molecule has 0 N–H and O–H groups in total. The molecular weight excluding hydrogens is 312 g/mol. The van der Waals surface area contributed by atoms with Crippen molar-refractivity contribution in [2.45, 2.75) is 19.3 Å². The predicted molar refractivity (Wildman–Crippen MR) is 97.3 cm³/mol. The molecule has 0 aliphatic carbocycles. The van der Waals surface area contributed by atoms with E-state index in [4.69, 9.17) is 0 Å². The molecule has 1 fully saturated rings. The Morgan fingerprint density at radius 3 is 3.00 bits per heavy atom. The van der Waals surface area contributed by atoms with Crippen molar-refractivity contribution in [3.05, 3.63) is 60.0 Å². The summed E-state index contributed by atoms with van der Waals surface area (Å²) in [6, 6.07) is 10.4. The van der Waals surface area contributed by atoms with Crippen LogP contribution >= 0.6 is 0 Å². The van der Waals surface area contributed by atoms with Gasteiger partial charge >= 0.3 is 0 Å². The maximum Gasteiger partial charge on any atom is 0.257 e. The molecule has 3 heterocycles. The molecule has 5 nitrogen and oxygen atoms in total. The molecule has 1 aliphatic rings. The van der Waals surface area contributed by atoms with Crippen molar-refractivity contribution in [2.24, 2.45) is 13.0 Å². The number of hydrogen-bond donors (Lipinski definition) is 0. The Labute approximate surface area is 147 Å². The van der Waals surface area contributed by atoms with Crippen LogP contribution in [0, 0.1) is 5.92 Å². The van der Waals surface area contributed by atoms with Gasteiger partial charge < -0.3 is 4.90 Å². The van der Waals surface area contributed by atoms with Crippen LogP contribution in [0.2, 0.25) is 0 Å². The van der Waals surface area contributed by atoms with Crippen LogP contribution < -0.4 is 0 Å². The summed E-state index contributed by atoms with van der Waals surface area (Å²) in [7, 11) is 1.84. The number of aryl methyl sites for hydroxylation is 1. The number of para-hydroxylation sites is 1. The highest BCUT2D eigenvalue weighted by Gasteiger charge is 2.25. The maximum absolute atomic E-state index is 12.7. The molecule has 0 radical (unpaired) electrons. The summed E-state index contributed by atoms with van der Waals surface area (Å²) >= 11 is 0. The molecule has 1 amide bonds. The van der Waals surface area contributed by atoms with E-state index >= 15 is 0 Å². The average molecular weight is 334 g/mol. The van der Waals surface area contributed by atoms with Crippen LogP contribution in [0.15, 0.2) is 48.9 Å². The van der Waals surface area contributed by atoms with E-state index in [-0.39, 0.29) is 5.91 Å². The quantitative estimate of drug-likeness (QED) is 0.740. The van der Waals surface area contributed by atoms with E-state index in [0.29, 0.717) is 11.5 Å². The van der Waals surface area contributed by atoms with E-state index in [1.807, 2.05) is 24.2 Å². The monoisotopic (exact) mass is 334 g/mol. The Kier molecular flexibility index (Phi) is 4.22. The average Bonchev–Trinajstić information content (AvgIpc) is 3.08. The first-order valence-corrected chi connectivity index (χ1v) is 8.81. The summed E-state index contributed by atoms with van der Waals surface area (Å²) in [4.78, 5) is 19.2. The van der Waals surface area contributed by atoms with Gasteiger partial charge in [0.15, 0.2) is 0 Å². The second-order valence-electron chi connectivity index (χ2n) is 6.86. The highest BCUT2D eigenvalue weighted by atomic mass is 16.2. The van der Waals surface area contributed by atoms with Gasteiger partial charge in [0.05, 0.1) is 17.3 Å². The van der Waals surface area contributed by atoms with Crippen LogP contribution in [0.3, 0.4) is 0 Å². The molecule has 0 saturated carbocycles. The molecular formula is C20H22N4O. The number of piperidine rings is 1. The number of hydrogen-bond acceptors (Lipinski definition) is 3. The molecule has 25 heavy (non-hydrogen) atoms. The van der Waals surface area contributed by atoms with Gasteiger partial charge in [-0.15, -0.1) is 0 Å². The number of likely N-dealkylation sites (tertiary alicyclic amines) is 1. The third-order valence-corrected chi connectivity index (χ3v) is 4.98. The summed E-state index contributed by atoms with van der Waals surface area (Å²) in [6.45, 7) is 1.63. The van der Waals surface area contributed by atoms with E-state index in [2.05, 4.69) is 34.3 Å². The molecule has 0 unspecified atom stereocenters. The Morgan fingerprint density at radius 2 is 2.16 bits per heavy atom. The van der Waals surface area contributed by atoms with E-state index in [1.54, 1.807) is 17.1 Å². The van der Waals surface area contributed by atoms with Crippen molar-refractivity contribution < 1.29 is 4.79 Å². The number of fused-ring (bicyclic) bond motifs is 1. The van der Waals surface area contributed by atoms with E-state index in [0.717, 1.165) is 37.9 Å². The zero-order valence-corrected chi connectivity index (χ0v) is 14.4. The van der Waals surface area contributed by atoms with Gasteiger partial charge in [-0.3, -0.25) is 14.5 Å². The molecule has 4 rings (SSSR count). The number of rotatable bonds is 3. The SMILES string of the molecule is Cn1cc(C(=O)N2CCC[C@@H](Cc3cccc4cccnc34)C2)cn1. The third kappa shape index (κ3) is 3.27. The third-order valence-electron chi connectivity index (χ3n) is 4.98. The zero-order valence-electron chi connectivity index (χ0n) is 14.4. The number of amides is 1. The standard InChI is InChI=1S/C20H22N4O/c1-23-14-18(12-22-23)20(25)24-10-4-5-15(13-24)11-17-7-2-6-16-8-3-9-21-19(16)17/h2-3,6-9,12,14-15H,4-5,10-11,13H2,1H3/t15-/m0/s1. The van der Waals surface area contributed by atoms with Crippen LogP contribution in [0.4, 0.5) is 0 Å². The van der Waals surface area contributed by atoms with Crippen molar-refractivity contribution in [2.75, 3.05) is 13.1 Å². The molecule has 5 heteroatoms. The minimum atomic E-state index is 0.0915. The van der Waals surface area contributed by atoms with Gasteiger partial charge in [0.1, 0.15) is 0 Å². The van der Waals surface area contributed by atoms with Crippen LogP contribution in [0.25, 0.3) is 10.9 Å². The van der Waals surface area contributed by atoms with Crippen molar-refractivity contribution in [1.82, 2.24) is 19.7 Å². The minimum Gasteiger partial charge on any atom is -0.338 e. The van der Waals surface area contributed by atoms with Crippen LogP contribution in [-0.4, -0.2) is 38.7 Å². The minimum absolute atomic E-state index is 0.0915. The predicted octanol–water partition coefficient (Wildman–Crippen LogP) is 3.06. The van der Waals surface area contributed by atoms with Crippen molar-refractivity contribution in [3.63, 3.8) is 0 Å². The number of nitrogens with zero attached hydrogens (tertiary/aromatic N) is 4. The van der Waals surface area contributed by atoms with Gasteiger partial charge in [-0.05, 0) is 36.8 Å². The van der Waals surface area contributed by atoms with Crippen molar-refractivity contribution in [1.29, 1.82) is 0 Å². The number of pyridine rings is 1. The molecule has 1 aliphatic heterocycles. The number of carbonyl (C=O) groups excluding carboxylic acids is 1. The number of carbonyl (C=O) groups is 1. The Balaban J connectivity index is 1.50. The van der Waals surface area contributed by atoms with Crippen LogP contribution in [0.1, 0.15) is 28.8 Å². The molecule has 1 atom stereocenters. The first-order valence-electron chi connectivity index (χ1n) is 8.81. The van der Waals surface area contributed by atoms with Crippen LogP contribution in [0.5, 0.6) is 0 Å². The molecule has 3 aromatic rings. The molecule has 128 valence electrons. The number of benzene rings is 1. The van der Waals surface area contributed by atoms with Gasteiger partial charge in [-0.1, -0.05) is 24.3 Å². The van der Waals surface area contributed by atoms with Gasteiger partial charge in [-0.25, -0.2) is 0 Å². The van der Waals surface area contributed by atoms with Gasteiger partial charge in [0.25, 0.3) is 5.91 Å². The fourth-order valence-electron chi connectivity index (χ4n) is 3.77. The summed E-state index contributed by atoms with van der Waals surface area (Å²) in [5.74, 6) is 0.566. The fourth-order valence-corrected chi connectivity index (χ4v) is 3.77. The maximum atomic E-state index is 12.7. The molecule has 2 aromatic heterocycles. The lowest BCUT2D eigenvalue weighted by Gasteiger charge is -2.32. The topological polar surface area (TPSA) is 51.0 Å². The molecule has 0 spiro atoms. The lowest BCUT2D eigenvalue weighted by molar-refractivity contribution is 0.0673. The molecule has 1 aromatic carbocycles. The van der Waals surface area contributed by atoms with E-state index < -0.39 is 0 Å².